The van der Waals surface area contributed by atoms with Crippen molar-refractivity contribution in [2.75, 3.05) is 13.2 Å². The Morgan fingerprint density at radius 1 is 1.10 bits per heavy atom. The summed E-state index contributed by atoms with van der Waals surface area (Å²) in [5.41, 5.74) is 0.682. The van der Waals surface area contributed by atoms with Gasteiger partial charge in [-0.05, 0) is 50.5 Å². The number of rotatable bonds is 9. The number of benzene rings is 1. The second-order valence-corrected chi connectivity index (χ2v) is 4.36. The van der Waals surface area contributed by atoms with E-state index in [2.05, 4.69) is 6.58 Å². The second kappa shape index (κ2) is 8.91. The van der Waals surface area contributed by atoms with Crippen molar-refractivity contribution in [1.82, 2.24) is 0 Å². The molecule has 0 bridgehead atoms. The first-order valence-electron chi connectivity index (χ1n) is 6.66. The Kier molecular flexibility index (Phi) is 7.11. The molecule has 0 amide bonds. The number of ether oxygens (including phenoxy) is 2. The van der Waals surface area contributed by atoms with Gasteiger partial charge in [0.25, 0.3) is 0 Å². The molecule has 20 heavy (non-hydrogen) atoms. The van der Waals surface area contributed by atoms with Gasteiger partial charge in [0.1, 0.15) is 5.75 Å². The maximum absolute atomic E-state index is 11.1. The molecule has 0 aliphatic carbocycles. The normalized spacial score (nSPS) is 9.85. The van der Waals surface area contributed by atoms with Crippen LogP contribution in [0.5, 0.6) is 5.75 Å². The van der Waals surface area contributed by atoms with E-state index in [-0.39, 0.29) is 11.8 Å². The standard InChI is InChI=1S/C16H20O4/c1-3-16(18)20-12-6-4-5-11-19-15-9-7-14(8-10-15)13(2)17/h3,7-10H,1,4-6,11-12H2,2H3. The Morgan fingerprint density at radius 2 is 1.75 bits per heavy atom. The highest BCUT2D eigenvalue weighted by atomic mass is 16.5. The predicted molar refractivity (Wildman–Crippen MR) is 76.9 cm³/mol. The zero-order valence-electron chi connectivity index (χ0n) is 11.8. The number of hydrogen-bond donors (Lipinski definition) is 0. The van der Waals surface area contributed by atoms with Crippen molar-refractivity contribution >= 4 is 11.8 Å². The molecule has 1 rings (SSSR count). The number of hydrogen-bond acceptors (Lipinski definition) is 4. The minimum absolute atomic E-state index is 0.0469. The summed E-state index contributed by atoms with van der Waals surface area (Å²) in [4.78, 5) is 21.9. The quantitative estimate of drug-likeness (QED) is 0.301. The smallest absolute Gasteiger partial charge is 0.330 e. The Balaban J connectivity index is 2.10. The molecular formula is C16H20O4. The summed E-state index contributed by atoms with van der Waals surface area (Å²) in [6, 6.07) is 7.10. The molecule has 0 fully saturated rings. The van der Waals surface area contributed by atoms with E-state index in [0.717, 1.165) is 31.1 Å². The van der Waals surface area contributed by atoms with Crippen LogP contribution >= 0.6 is 0 Å². The average molecular weight is 276 g/mol. The van der Waals surface area contributed by atoms with Gasteiger partial charge < -0.3 is 9.47 Å². The van der Waals surface area contributed by atoms with Crippen LogP contribution in [0.2, 0.25) is 0 Å². The van der Waals surface area contributed by atoms with Gasteiger partial charge in [-0.2, -0.15) is 0 Å². The Hall–Kier alpha value is -2.10. The van der Waals surface area contributed by atoms with E-state index in [1.54, 1.807) is 24.3 Å². The monoisotopic (exact) mass is 276 g/mol. The van der Waals surface area contributed by atoms with Crippen LogP contribution in [-0.4, -0.2) is 25.0 Å². The van der Waals surface area contributed by atoms with Gasteiger partial charge in [0, 0.05) is 11.6 Å². The highest BCUT2D eigenvalue weighted by Gasteiger charge is 2.00. The topological polar surface area (TPSA) is 52.6 Å². The molecule has 0 saturated heterocycles. The maximum atomic E-state index is 11.1. The van der Waals surface area contributed by atoms with Gasteiger partial charge in [0.05, 0.1) is 13.2 Å². The van der Waals surface area contributed by atoms with E-state index in [9.17, 15) is 9.59 Å². The molecule has 0 aliphatic rings. The van der Waals surface area contributed by atoms with Crippen molar-refractivity contribution < 1.29 is 19.1 Å². The summed E-state index contributed by atoms with van der Waals surface area (Å²) >= 11 is 0. The predicted octanol–water partition coefficient (Wildman–Crippen LogP) is 3.17. The van der Waals surface area contributed by atoms with E-state index in [4.69, 9.17) is 9.47 Å². The number of carbonyl (C=O) groups is 2. The van der Waals surface area contributed by atoms with Gasteiger partial charge in [-0.15, -0.1) is 0 Å². The molecule has 0 N–H and O–H groups in total. The molecule has 0 saturated carbocycles. The van der Waals surface area contributed by atoms with Crippen molar-refractivity contribution in [3.8, 4) is 5.75 Å². The zero-order chi connectivity index (χ0) is 14.8. The molecule has 4 nitrogen and oxygen atoms in total. The van der Waals surface area contributed by atoms with Gasteiger partial charge >= 0.3 is 5.97 Å². The minimum atomic E-state index is -0.383. The van der Waals surface area contributed by atoms with Crippen molar-refractivity contribution in [2.45, 2.75) is 26.2 Å². The fourth-order valence-electron chi connectivity index (χ4n) is 1.59. The summed E-state index contributed by atoms with van der Waals surface area (Å²) in [5, 5.41) is 0. The number of unbranched alkanes of at least 4 members (excludes halogenated alkanes) is 2. The summed E-state index contributed by atoms with van der Waals surface area (Å²) in [6.07, 6.45) is 3.79. The molecule has 0 spiro atoms. The molecular weight excluding hydrogens is 256 g/mol. The van der Waals surface area contributed by atoms with E-state index in [0.29, 0.717) is 18.8 Å². The molecule has 0 radical (unpaired) electrons. The van der Waals surface area contributed by atoms with Crippen LogP contribution in [0.15, 0.2) is 36.9 Å². The van der Waals surface area contributed by atoms with Crippen LogP contribution in [0.1, 0.15) is 36.5 Å². The zero-order valence-corrected chi connectivity index (χ0v) is 11.8. The van der Waals surface area contributed by atoms with Crippen molar-refractivity contribution in [3.63, 3.8) is 0 Å². The van der Waals surface area contributed by atoms with E-state index in [1.165, 1.54) is 6.92 Å². The van der Waals surface area contributed by atoms with Crippen molar-refractivity contribution in [1.29, 1.82) is 0 Å². The summed E-state index contributed by atoms with van der Waals surface area (Å²) in [7, 11) is 0. The van der Waals surface area contributed by atoms with Crippen molar-refractivity contribution in [2.24, 2.45) is 0 Å². The number of Topliss-reactive ketones (excluding diaryl/α,β-unsaturated/α-hetero) is 1. The van der Waals surface area contributed by atoms with Gasteiger partial charge in [-0.3, -0.25) is 4.79 Å². The number of esters is 1. The van der Waals surface area contributed by atoms with Gasteiger partial charge in [-0.1, -0.05) is 6.58 Å². The van der Waals surface area contributed by atoms with E-state index in [1.807, 2.05) is 0 Å². The summed E-state index contributed by atoms with van der Waals surface area (Å²) < 4.78 is 10.4. The van der Waals surface area contributed by atoms with Crippen LogP contribution in [0, 0.1) is 0 Å². The molecule has 0 aliphatic heterocycles. The second-order valence-electron chi connectivity index (χ2n) is 4.36. The van der Waals surface area contributed by atoms with Gasteiger partial charge in [-0.25, -0.2) is 4.79 Å². The molecule has 0 unspecified atom stereocenters. The molecule has 0 atom stereocenters. The molecule has 0 aromatic heterocycles. The third-order valence-corrected chi connectivity index (χ3v) is 2.73. The van der Waals surface area contributed by atoms with Crippen LogP contribution in [0.3, 0.4) is 0 Å². The van der Waals surface area contributed by atoms with Crippen LogP contribution in [0.4, 0.5) is 0 Å². The fraction of sp³-hybridized carbons (Fsp3) is 0.375. The molecule has 0 heterocycles. The lowest BCUT2D eigenvalue weighted by Crippen LogP contribution is -2.03. The summed E-state index contributed by atoms with van der Waals surface area (Å²) in [5.74, 6) is 0.422. The SMILES string of the molecule is C=CC(=O)OCCCCCOc1ccc(C(C)=O)cc1. The summed E-state index contributed by atoms with van der Waals surface area (Å²) in [6.45, 7) is 5.88. The minimum Gasteiger partial charge on any atom is -0.494 e. The lowest BCUT2D eigenvalue weighted by atomic mass is 10.1. The average Bonchev–Trinajstić information content (AvgIpc) is 2.46. The highest BCUT2D eigenvalue weighted by Crippen LogP contribution is 2.13. The Bertz CT molecular complexity index is 448. The van der Waals surface area contributed by atoms with E-state index >= 15 is 0 Å². The molecule has 1 aromatic rings. The maximum Gasteiger partial charge on any atom is 0.330 e. The molecule has 108 valence electrons. The number of ketones is 1. The third-order valence-electron chi connectivity index (χ3n) is 2.73. The largest absolute Gasteiger partial charge is 0.494 e. The Labute approximate surface area is 119 Å². The number of carbonyl (C=O) groups excluding carboxylic acids is 2. The van der Waals surface area contributed by atoms with Crippen LogP contribution in [0.25, 0.3) is 0 Å². The third kappa shape index (κ3) is 6.18. The van der Waals surface area contributed by atoms with E-state index < -0.39 is 0 Å². The van der Waals surface area contributed by atoms with Gasteiger partial charge in [0.15, 0.2) is 5.78 Å². The fourth-order valence-corrected chi connectivity index (χ4v) is 1.59. The highest BCUT2D eigenvalue weighted by molar-refractivity contribution is 5.94. The lowest BCUT2D eigenvalue weighted by molar-refractivity contribution is -0.137. The first-order valence-corrected chi connectivity index (χ1v) is 6.66. The first-order chi connectivity index (χ1) is 9.63. The van der Waals surface area contributed by atoms with Crippen molar-refractivity contribution in [3.05, 3.63) is 42.5 Å². The van der Waals surface area contributed by atoms with Crippen LogP contribution < -0.4 is 4.74 Å². The van der Waals surface area contributed by atoms with Gasteiger partial charge in [0.2, 0.25) is 0 Å². The first kappa shape index (κ1) is 16.0. The molecule has 4 heteroatoms. The Morgan fingerprint density at radius 3 is 2.35 bits per heavy atom. The van der Waals surface area contributed by atoms with Crippen LogP contribution in [-0.2, 0) is 9.53 Å². The lowest BCUT2D eigenvalue weighted by Gasteiger charge is -2.06. The molecule has 1 aromatic carbocycles.